The van der Waals surface area contributed by atoms with Gasteiger partial charge in [-0.2, -0.15) is 0 Å². The Morgan fingerprint density at radius 1 is 1.44 bits per heavy atom. The van der Waals surface area contributed by atoms with Gasteiger partial charge in [0.25, 0.3) is 0 Å². The Kier molecular flexibility index (Phi) is 4.12. The van der Waals surface area contributed by atoms with Crippen molar-refractivity contribution in [3.63, 3.8) is 0 Å². The summed E-state index contributed by atoms with van der Waals surface area (Å²) < 4.78 is 5.08. The molecular formula is C13H17NO4. The lowest BCUT2D eigenvalue weighted by atomic mass is 9.77. The molecule has 1 aliphatic rings. The monoisotopic (exact) mass is 251 g/mol. The molecule has 1 aromatic heterocycles. The molecule has 1 aromatic rings. The van der Waals surface area contributed by atoms with E-state index < -0.39 is 5.92 Å². The molecule has 98 valence electrons. The summed E-state index contributed by atoms with van der Waals surface area (Å²) in [6.45, 7) is -0.288. The van der Waals surface area contributed by atoms with E-state index in [2.05, 4.69) is 0 Å². The van der Waals surface area contributed by atoms with E-state index in [0.717, 1.165) is 32.1 Å². The summed E-state index contributed by atoms with van der Waals surface area (Å²) in [5.41, 5.74) is 0. The van der Waals surface area contributed by atoms with E-state index in [4.69, 9.17) is 4.42 Å². The summed E-state index contributed by atoms with van der Waals surface area (Å²) >= 11 is 0. The number of hydrogen-bond acceptors (Lipinski definition) is 4. The van der Waals surface area contributed by atoms with E-state index in [9.17, 15) is 14.9 Å². The number of rotatable bonds is 5. The molecule has 18 heavy (non-hydrogen) atoms. The van der Waals surface area contributed by atoms with Gasteiger partial charge in [-0.15, -0.1) is 0 Å². The van der Waals surface area contributed by atoms with Crippen LogP contribution in [0.15, 0.2) is 22.8 Å². The van der Waals surface area contributed by atoms with Gasteiger partial charge in [0.05, 0.1) is 12.2 Å². The SMILES string of the molecule is O=C(c1ccco1)C(C[N+](=O)[O-])C1CCCCC1. The average Bonchev–Trinajstić information content (AvgIpc) is 2.90. The van der Waals surface area contributed by atoms with Crippen LogP contribution in [0.3, 0.4) is 0 Å². The highest BCUT2D eigenvalue weighted by atomic mass is 16.6. The molecule has 1 heterocycles. The first-order valence-electron chi connectivity index (χ1n) is 6.38. The minimum Gasteiger partial charge on any atom is -0.461 e. The van der Waals surface area contributed by atoms with Gasteiger partial charge in [0.15, 0.2) is 5.76 Å². The smallest absolute Gasteiger partial charge is 0.214 e. The predicted molar refractivity (Wildman–Crippen MR) is 65.0 cm³/mol. The normalized spacial score (nSPS) is 18.4. The fourth-order valence-electron chi connectivity index (χ4n) is 2.74. The summed E-state index contributed by atoms with van der Waals surface area (Å²) in [6, 6.07) is 3.22. The van der Waals surface area contributed by atoms with Crippen LogP contribution >= 0.6 is 0 Å². The molecule has 0 aliphatic heterocycles. The fourth-order valence-corrected chi connectivity index (χ4v) is 2.74. The van der Waals surface area contributed by atoms with Gasteiger partial charge in [0, 0.05) is 4.92 Å². The lowest BCUT2D eigenvalue weighted by Gasteiger charge is -2.26. The number of Topliss-reactive ketones (excluding diaryl/α,β-unsaturated/α-hetero) is 1. The Bertz CT molecular complexity index is 407. The van der Waals surface area contributed by atoms with Crippen LogP contribution in [0.25, 0.3) is 0 Å². The summed E-state index contributed by atoms with van der Waals surface area (Å²) in [5, 5.41) is 10.7. The van der Waals surface area contributed by atoms with Crippen LogP contribution in [0.1, 0.15) is 42.7 Å². The van der Waals surface area contributed by atoms with Crippen LogP contribution < -0.4 is 0 Å². The third-order valence-corrected chi connectivity index (χ3v) is 3.67. The van der Waals surface area contributed by atoms with Gasteiger partial charge in [-0.25, -0.2) is 0 Å². The minimum atomic E-state index is -0.536. The molecule has 0 N–H and O–H groups in total. The summed E-state index contributed by atoms with van der Waals surface area (Å²) in [5.74, 6) is -0.385. The maximum Gasteiger partial charge on any atom is 0.214 e. The molecule has 5 nitrogen and oxygen atoms in total. The highest BCUT2D eigenvalue weighted by Gasteiger charge is 2.35. The second-order valence-corrected chi connectivity index (χ2v) is 4.86. The Hall–Kier alpha value is -1.65. The van der Waals surface area contributed by atoms with Crippen molar-refractivity contribution >= 4 is 5.78 Å². The van der Waals surface area contributed by atoms with E-state index >= 15 is 0 Å². The van der Waals surface area contributed by atoms with Crippen molar-refractivity contribution in [2.75, 3.05) is 6.54 Å². The quantitative estimate of drug-likeness (QED) is 0.458. The van der Waals surface area contributed by atoms with Crippen molar-refractivity contribution in [1.82, 2.24) is 0 Å². The molecule has 1 aliphatic carbocycles. The van der Waals surface area contributed by atoms with Gasteiger partial charge >= 0.3 is 0 Å². The van der Waals surface area contributed by atoms with Crippen LogP contribution in [0.4, 0.5) is 0 Å². The molecule has 0 bridgehead atoms. The topological polar surface area (TPSA) is 73.3 Å². The second-order valence-electron chi connectivity index (χ2n) is 4.86. The highest BCUT2D eigenvalue weighted by Crippen LogP contribution is 2.32. The zero-order valence-electron chi connectivity index (χ0n) is 10.2. The number of carbonyl (C=O) groups excluding carboxylic acids is 1. The maximum atomic E-state index is 12.2. The molecule has 1 atom stereocenters. The molecule has 5 heteroatoms. The number of nitro groups is 1. The lowest BCUT2D eigenvalue weighted by molar-refractivity contribution is -0.487. The van der Waals surface area contributed by atoms with Crippen LogP contribution in [0.5, 0.6) is 0 Å². The first-order chi connectivity index (χ1) is 8.68. The van der Waals surface area contributed by atoms with Crippen molar-refractivity contribution in [1.29, 1.82) is 0 Å². The van der Waals surface area contributed by atoms with Crippen LogP contribution in [0.2, 0.25) is 0 Å². The maximum absolute atomic E-state index is 12.2. The van der Waals surface area contributed by atoms with Gasteiger partial charge in [-0.3, -0.25) is 14.9 Å². The average molecular weight is 251 g/mol. The van der Waals surface area contributed by atoms with E-state index in [0.29, 0.717) is 0 Å². The third-order valence-electron chi connectivity index (χ3n) is 3.67. The molecular weight excluding hydrogens is 234 g/mol. The number of carbonyl (C=O) groups is 1. The first kappa shape index (κ1) is 12.8. The van der Waals surface area contributed by atoms with Crippen molar-refractivity contribution in [2.24, 2.45) is 11.8 Å². The number of hydrogen-bond donors (Lipinski definition) is 0. The molecule has 2 rings (SSSR count). The van der Waals surface area contributed by atoms with Gasteiger partial charge in [0.1, 0.15) is 0 Å². The highest BCUT2D eigenvalue weighted by molar-refractivity contribution is 5.95. The summed E-state index contributed by atoms with van der Waals surface area (Å²) in [4.78, 5) is 22.6. The lowest BCUT2D eigenvalue weighted by Crippen LogP contribution is -2.31. The standard InChI is InChI=1S/C13H17NO4/c15-13(12-7-4-8-18-12)11(9-14(16)17)10-5-2-1-3-6-10/h4,7-8,10-11H,1-3,5-6,9H2. The van der Waals surface area contributed by atoms with E-state index in [1.54, 1.807) is 12.1 Å². The van der Waals surface area contributed by atoms with Crippen molar-refractivity contribution < 1.29 is 14.1 Å². The summed E-state index contributed by atoms with van der Waals surface area (Å²) in [6.07, 6.45) is 6.53. The fraction of sp³-hybridized carbons (Fsp3) is 0.615. The van der Waals surface area contributed by atoms with E-state index in [1.807, 2.05) is 0 Å². The third kappa shape index (κ3) is 2.97. The molecule has 1 unspecified atom stereocenters. The molecule has 0 saturated heterocycles. The van der Waals surface area contributed by atoms with E-state index in [1.165, 1.54) is 6.26 Å². The predicted octanol–water partition coefficient (Wildman–Crippen LogP) is 2.94. The number of nitrogens with zero attached hydrogens (tertiary/aromatic N) is 1. The Morgan fingerprint density at radius 2 is 2.17 bits per heavy atom. The number of ketones is 1. The zero-order chi connectivity index (χ0) is 13.0. The Balaban J connectivity index is 2.13. The van der Waals surface area contributed by atoms with Crippen LogP contribution in [0, 0.1) is 22.0 Å². The van der Waals surface area contributed by atoms with Crippen molar-refractivity contribution in [2.45, 2.75) is 32.1 Å². The van der Waals surface area contributed by atoms with Crippen LogP contribution in [-0.2, 0) is 0 Å². The Labute approximate surface area is 105 Å². The molecule has 0 spiro atoms. The second kappa shape index (κ2) is 5.80. The molecule has 1 saturated carbocycles. The summed E-state index contributed by atoms with van der Waals surface area (Å²) in [7, 11) is 0. The minimum absolute atomic E-state index is 0.127. The van der Waals surface area contributed by atoms with E-state index in [-0.39, 0.29) is 28.9 Å². The van der Waals surface area contributed by atoms with Gasteiger partial charge in [0.2, 0.25) is 12.3 Å². The van der Waals surface area contributed by atoms with Crippen molar-refractivity contribution in [3.05, 3.63) is 34.3 Å². The molecule has 0 amide bonds. The van der Waals surface area contributed by atoms with Gasteiger partial charge in [-0.05, 0) is 30.9 Å². The zero-order valence-corrected chi connectivity index (χ0v) is 10.2. The Morgan fingerprint density at radius 3 is 2.72 bits per heavy atom. The molecule has 0 aromatic carbocycles. The molecule has 0 radical (unpaired) electrons. The first-order valence-corrected chi connectivity index (χ1v) is 6.38. The van der Waals surface area contributed by atoms with Gasteiger partial charge < -0.3 is 4.42 Å². The number of furan rings is 1. The largest absolute Gasteiger partial charge is 0.461 e. The van der Waals surface area contributed by atoms with Crippen LogP contribution in [-0.4, -0.2) is 17.3 Å². The molecule has 1 fully saturated rings. The van der Waals surface area contributed by atoms with Gasteiger partial charge in [-0.1, -0.05) is 19.3 Å². The van der Waals surface area contributed by atoms with Crippen molar-refractivity contribution in [3.8, 4) is 0 Å².